The number of aromatic nitrogens is 1. The van der Waals surface area contributed by atoms with Gasteiger partial charge in [-0.2, -0.15) is 0 Å². The third-order valence-corrected chi connectivity index (χ3v) is 3.40. The number of hydrogen-bond donors (Lipinski definition) is 0. The molecule has 1 aromatic heterocycles. The number of carbonyl (C=O) groups excluding carboxylic acids is 1. The second-order valence-electron chi connectivity index (χ2n) is 4.98. The van der Waals surface area contributed by atoms with Gasteiger partial charge < -0.3 is 9.47 Å². The molecule has 0 atom stereocenters. The fourth-order valence-electron chi connectivity index (χ4n) is 2.31. The van der Waals surface area contributed by atoms with Gasteiger partial charge in [0.05, 0.1) is 13.2 Å². The molecule has 0 radical (unpaired) electrons. The van der Waals surface area contributed by atoms with Crippen LogP contribution in [-0.4, -0.2) is 24.2 Å². The van der Waals surface area contributed by atoms with Crippen molar-refractivity contribution in [3.05, 3.63) is 30.0 Å². The molecule has 0 aliphatic heterocycles. The third kappa shape index (κ3) is 4.68. The molecule has 0 unspecified atom stereocenters. The highest BCUT2D eigenvalue weighted by atomic mass is 16.5. The van der Waals surface area contributed by atoms with Gasteiger partial charge >= 0.3 is 5.97 Å². The largest absolute Gasteiger partial charge is 0.477 e. The molecule has 1 aliphatic carbocycles. The van der Waals surface area contributed by atoms with E-state index in [0.717, 1.165) is 12.2 Å². The molecule has 4 nitrogen and oxygen atoms in total. The van der Waals surface area contributed by atoms with Crippen molar-refractivity contribution in [1.82, 2.24) is 4.98 Å². The second-order valence-corrected chi connectivity index (χ2v) is 4.98. The van der Waals surface area contributed by atoms with E-state index < -0.39 is 0 Å². The average Bonchev–Trinajstić information content (AvgIpc) is 2.98. The second kappa shape index (κ2) is 7.68. The monoisotopic (exact) mass is 275 g/mol. The summed E-state index contributed by atoms with van der Waals surface area (Å²) in [5.41, 5.74) is 0.853. The zero-order valence-corrected chi connectivity index (χ0v) is 11.9. The smallest absolute Gasteiger partial charge is 0.330 e. The minimum absolute atomic E-state index is 0.339. The Hall–Kier alpha value is -1.84. The number of rotatable bonds is 6. The zero-order valence-electron chi connectivity index (χ0n) is 11.9. The lowest BCUT2D eigenvalue weighted by atomic mass is 10.1. The Labute approximate surface area is 119 Å². The van der Waals surface area contributed by atoms with E-state index in [0.29, 0.717) is 18.4 Å². The van der Waals surface area contributed by atoms with E-state index in [-0.39, 0.29) is 5.97 Å². The normalized spacial score (nSPS) is 15.7. The molecular weight excluding hydrogens is 254 g/mol. The van der Waals surface area contributed by atoms with E-state index in [9.17, 15) is 4.79 Å². The van der Waals surface area contributed by atoms with E-state index in [1.165, 1.54) is 31.8 Å². The molecule has 1 fully saturated rings. The summed E-state index contributed by atoms with van der Waals surface area (Å²) >= 11 is 0. The summed E-state index contributed by atoms with van der Waals surface area (Å²) in [5, 5.41) is 0. The van der Waals surface area contributed by atoms with Gasteiger partial charge in [0.1, 0.15) is 0 Å². The molecule has 1 aliphatic rings. The van der Waals surface area contributed by atoms with Gasteiger partial charge in [-0.1, -0.05) is 12.8 Å². The summed E-state index contributed by atoms with van der Waals surface area (Å²) < 4.78 is 10.5. The molecule has 0 bridgehead atoms. The maximum absolute atomic E-state index is 11.2. The van der Waals surface area contributed by atoms with Gasteiger partial charge in [0.25, 0.3) is 0 Å². The van der Waals surface area contributed by atoms with Crippen LogP contribution in [0.2, 0.25) is 0 Å². The first-order valence-electron chi connectivity index (χ1n) is 7.21. The van der Waals surface area contributed by atoms with Gasteiger partial charge in [-0.15, -0.1) is 0 Å². The molecule has 0 saturated heterocycles. The molecular formula is C16H21NO3. The van der Waals surface area contributed by atoms with Crippen LogP contribution in [0, 0.1) is 5.92 Å². The van der Waals surface area contributed by atoms with Gasteiger partial charge in [0.2, 0.25) is 5.88 Å². The zero-order chi connectivity index (χ0) is 14.2. The van der Waals surface area contributed by atoms with Gasteiger partial charge in [-0.25, -0.2) is 9.78 Å². The maximum atomic E-state index is 11.2. The number of ether oxygens (including phenoxy) is 2. The van der Waals surface area contributed by atoms with Crippen molar-refractivity contribution in [2.24, 2.45) is 5.92 Å². The quantitative estimate of drug-likeness (QED) is 0.591. The van der Waals surface area contributed by atoms with Crippen molar-refractivity contribution in [1.29, 1.82) is 0 Å². The van der Waals surface area contributed by atoms with Gasteiger partial charge in [-0.05, 0) is 43.4 Å². The Bertz CT molecular complexity index is 447. The molecule has 0 amide bonds. The van der Waals surface area contributed by atoms with Crippen LogP contribution in [0.4, 0.5) is 0 Å². The molecule has 0 spiro atoms. The van der Waals surface area contributed by atoms with Crippen LogP contribution in [0.15, 0.2) is 24.4 Å². The maximum Gasteiger partial charge on any atom is 0.330 e. The molecule has 1 aromatic rings. The highest BCUT2D eigenvalue weighted by Crippen LogP contribution is 2.25. The third-order valence-electron chi connectivity index (χ3n) is 3.40. The SMILES string of the molecule is CCOC(=O)/C=C/c1ccc(OCC2CCCC2)nc1. The predicted octanol–water partition coefficient (Wildman–Crippen LogP) is 3.23. The average molecular weight is 275 g/mol. The fourth-order valence-corrected chi connectivity index (χ4v) is 2.31. The summed E-state index contributed by atoms with van der Waals surface area (Å²) in [4.78, 5) is 15.4. The minimum Gasteiger partial charge on any atom is -0.477 e. The van der Waals surface area contributed by atoms with Crippen molar-refractivity contribution >= 4 is 12.0 Å². The molecule has 20 heavy (non-hydrogen) atoms. The van der Waals surface area contributed by atoms with E-state index in [2.05, 4.69) is 4.98 Å². The van der Waals surface area contributed by atoms with E-state index in [1.807, 2.05) is 12.1 Å². The van der Waals surface area contributed by atoms with Crippen molar-refractivity contribution < 1.29 is 14.3 Å². The van der Waals surface area contributed by atoms with Crippen LogP contribution in [-0.2, 0) is 9.53 Å². The highest BCUT2D eigenvalue weighted by molar-refractivity contribution is 5.86. The predicted molar refractivity (Wildman–Crippen MR) is 77.4 cm³/mol. The molecule has 1 heterocycles. The van der Waals surface area contributed by atoms with Crippen molar-refractivity contribution in [3.8, 4) is 5.88 Å². The van der Waals surface area contributed by atoms with E-state index in [1.54, 1.807) is 19.2 Å². The van der Waals surface area contributed by atoms with E-state index >= 15 is 0 Å². The van der Waals surface area contributed by atoms with Gasteiger partial charge in [-0.3, -0.25) is 0 Å². The van der Waals surface area contributed by atoms with Crippen molar-refractivity contribution in [2.75, 3.05) is 13.2 Å². The first kappa shape index (κ1) is 14.6. The van der Waals surface area contributed by atoms with Crippen LogP contribution >= 0.6 is 0 Å². The van der Waals surface area contributed by atoms with Crippen LogP contribution in [0.3, 0.4) is 0 Å². The molecule has 4 heteroatoms. The number of carbonyl (C=O) groups is 1. The highest BCUT2D eigenvalue weighted by Gasteiger charge is 2.15. The topological polar surface area (TPSA) is 48.4 Å². The van der Waals surface area contributed by atoms with E-state index in [4.69, 9.17) is 9.47 Å². The Morgan fingerprint density at radius 2 is 2.20 bits per heavy atom. The Kier molecular flexibility index (Phi) is 5.59. The molecule has 0 aromatic carbocycles. The van der Waals surface area contributed by atoms with Crippen LogP contribution < -0.4 is 4.74 Å². The first-order valence-corrected chi connectivity index (χ1v) is 7.21. The minimum atomic E-state index is -0.339. The van der Waals surface area contributed by atoms with Gasteiger partial charge in [0, 0.05) is 18.3 Å². The lowest BCUT2D eigenvalue weighted by Crippen LogP contribution is -2.08. The number of nitrogens with zero attached hydrogens (tertiary/aromatic N) is 1. The summed E-state index contributed by atoms with van der Waals surface area (Å²) in [6, 6.07) is 3.71. The Morgan fingerprint density at radius 1 is 1.40 bits per heavy atom. The number of pyridine rings is 1. The molecule has 1 saturated carbocycles. The molecule has 2 rings (SSSR count). The first-order chi connectivity index (χ1) is 9.78. The molecule has 0 N–H and O–H groups in total. The summed E-state index contributed by atoms with van der Waals surface area (Å²) in [7, 11) is 0. The lowest BCUT2D eigenvalue weighted by Gasteiger charge is -2.10. The molecule has 108 valence electrons. The standard InChI is InChI=1S/C16H21NO3/c1-2-19-16(18)10-8-13-7-9-15(17-11-13)20-12-14-5-3-4-6-14/h7-11,14H,2-6,12H2,1H3/b10-8+. The summed E-state index contributed by atoms with van der Waals surface area (Å²) in [6.07, 6.45) is 9.95. The number of esters is 1. The number of hydrogen-bond acceptors (Lipinski definition) is 4. The van der Waals surface area contributed by atoms with Crippen LogP contribution in [0.5, 0.6) is 5.88 Å². The summed E-state index contributed by atoms with van der Waals surface area (Å²) in [6.45, 7) is 2.92. The fraction of sp³-hybridized carbons (Fsp3) is 0.500. The lowest BCUT2D eigenvalue weighted by molar-refractivity contribution is -0.137. The Balaban J connectivity index is 1.81. The van der Waals surface area contributed by atoms with Crippen molar-refractivity contribution in [3.63, 3.8) is 0 Å². The van der Waals surface area contributed by atoms with Crippen LogP contribution in [0.1, 0.15) is 38.2 Å². The Morgan fingerprint density at radius 3 is 2.85 bits per heavy atom. The van der Waals surface area contributed by atoms with Crippen LogP contribution in [0.25, 0.3) is 6.08 Å². The summed E-state index contributed by atoms with van der Waals surface area (Å²) in [5.74, 6) is 0.986. The van der Waals surface area contributed by atoms with Crippen molar-refractivity contribution in [2.45, 2.75) is 32.6 Å². The van der Waals surface area contributed by atoms with Gasteiger partial charge in [0.15, 0.2) is 0 Å².